The van der Waals surface area contributed by atoms with Crippen LogP contribution in [0.25, 0.3) is 0 Å². The largest absolute Gasteiger partial charge is 0.473 e. The van der Waals surface area contributed by atoms with Crippen LogP contribution < -0.4 is 4.74 Å². The van der Waals surface area contributed by atoms with Gasteiger partial charge < -0.3 is 4.74 Å². The number of nitrogens with zero attached hydrogens (tertiary/aromatic N) is 2. The summed E-state index contributed by atoms with van der Waals surface area (Å²) in [5.74, 6) is 1.32. The summed E-state index contributed by atoms with van der Waals surface area (Å²) in [6.45, 7) is 6.81. The summed E-state index contributed by atoms with van der Waals surface area (Å²) in [4.78, 5) is 0. The molecular weight excluding hydrogens is 363 g/mol. The van der Waals surface area contributed by atoms with Crippen molar-refractivity contribution in [2.24, 2.45) is 5.92 Å². The number of ether oxygens (including phenoxy) is 1. The quantitative estimate of drug-likeness (QED) is 0.541. The highest BCUT2D eigenvalue weighted by Gasteiger charge is 2.25. The van der Waals surface area contributed by atoms with Crippen molar-refractivity contribution in [3.05, 3.63) is 46.9 Å². The van der Waals surface area contributed by atoms with Crippen LogP contribution in [0.2, 0.25) is 0 Å². The maximum atomic E-state index is 13.3. The van der Waals surface area contributed by atoms with Gasteiger partial charge in [-0.05, 0) is 62.3 Å². The van der Waals surface area contributed by atoms with Crippen LogP contribution in [0.1, 0.15) is 75.2 Å². The van der Waals surface area contributed by atoms with E-state index < -0.39 is 0 Å². The third kappa shape index (κ3) is 5.47. The maximum Gasteiger partial charge on any atom is 0.212 e. The Bertz CT molecular complexity index is 725. The topological polar surface area (TPSA) is 27.1 Å². The first kappa shape index (κ1) is 21.7. The van der Waals surface area contributed by atoms with Crippen LogP contribution >= 0.6 is 12.4 Å². The number of hydrogen-bond acceptors (Lipinski definition) is 2. The van der Waals surface area contributed by atoms with Crippen molar-refractivity contribution in [2.45, 2.75) is 78.4 Å². The van der Waals surface area contributed by atoms with Crippen LogP contribution in [-0.2, 0) is 13.0 Å². The van der Waals surface area contributed by atoms with Gasteiger partial charge in [-0.15, -0.1) is 12.4 Å². The van der Waals surface area contributed by atoms with Gasteiger partial charge in [-0.2, -0.15) is 5.10 Å². The molecule has 1 heterocycles. The summed E-state index contributed by atoms with van der Waals surface area (Å²) in [5, 5.41) is 4.86. The van der Waals surface area contributed by atoms with Crippen molar-refractivity contribution in [3.63, 3.8) is 0 Å². The van der Waals surface area contributed by atoms with E-state index in [1.807, 2.05) is 13.0 Å². The number of aryl methyl sites for hydroxylation is 2. The van der Waals surface area contributed by atoms with Crippen molar-refractivity contribution in [1.29, 1.82) is 0 Å². The highest BCUT2D eigenvalue weighted by molar-refractivity contribution is 5.85. The zero-order valence-corrected chi connectivity index (χ0v) is 17.5. The van der Waals surface area contributed by atoms with E-state index in [1.165, 1.54) is 38.2 Å². The van der Waals surface area contributed by atoms with E-state index in [0.717, 1.165) is 35.5 Å². The summed E-state index contributed by atoms with van der Waals surface area (Å²) < 4.78 is 21.6. The average molecular weight is 395 g/mol. The van der Waals surface area contributed by atoms with Crippen molar-refractivity contribution in [2.75, 3.05) is 0 Å². The van der Waals surface area contributed by atoms with E-state index in [1.54, 1.807) is 6.07 Å². The molecule has 5 heteroatoms. The van der Waals surface area contributed by atoms with Crippen molar-refractivity contribution in [3.8, 4) is 5.88 Å². The highest BCUT2D eigenvalue weighted by atomic mass is 35.5. The second-order valence-corrected chi connectivity index (χ2v) is 7.67. The molecule has 150 valence electrons. The standard InChI is InChI=1S/C22H31FN2O.ClH/c1-4-8-21-14-22(26-15-19-11-12-20(23)13-16(19)2)25(24-21)17(3)18-9-6-5-7-10-18;/h11-14,17-18H,4-10,15H2,1-3H3;1H. The molecule has 1 aliphatic rings. The van der Waals surface area contributed by atoms with Crippen LogP contribution in [0.3, 0.4) is 0 Å². The SMILES string of the molecule is CCCc1cc(OCc2ccc(F)cc2C)n(C(C)C2CCCCC2)n1.Cl. The molecule has 3 nitrogen and oxygen atoms in total. The highest BCUT2D eigenvalue weighted by Crippen LogP contribution is 2.35. The van der Waals surface area contributed by atoms with Gasteiger partial charge in [-0.1, -0.05) is 38.7 Å². The Kier molecular flexibility index (Phi) is 8.15. The third-order valence-electron chi connectivity index (χ3n) is 5.66. The molecule has 1 atom stereocenters. The molecule has 0 bridgehead atoms. The van der Waals surface area contributed by atoms with Crippen molar-refractivity contribution < 1.29 is 9.13 Å². The summed E-state index contributed by atoms with van der Waals surface area (Å²) in [6.07, 6.45) is 8.60. The summed E-state index contributed by atoms with van der Waals surface area (Å²) in [5.41, 5.74) is 3.03. The van der Waals surface area contributed by atoms with E-state index in [9.17, 15) is 4.39 Å². The average Bonchev–Trinajstić information content (AvgIpc) is 3.04. The molecule has 0 aliphatic heterocycles. The van der Waals surface area contributed by atoms with Crippen LogP contribution in [0.15, 0.2) is 24.3 Å². The number of aromatic nitrogens is 2. The van der Waals surface area contributed by atoms with Gasteiger partial charge in [0.15, 0.2) is 0 Å². The third-order valence-corrected chi connectivity index (χ3v) is 5.66. The van der Waals surface area contributed by atoms with Gasteiger partial charge in [-0.3, -0.25) is 0 Å². The van der Waals surface area contributed by atoms with Gasteiger partial charge in [0.1, 0.15) is 12.4 Å². The van der Waals surface area contributed by atoms with E-state index in [2.05, 4.69) is 24.6 Å². The lowest BCUT2D eigenvalue weighted by molar-refractivity contribution is 0.209. The lowest BCUT2D eigenvalue weighted by Gasteiger charge is -2.28. The lowest BCUT2D eigenvalue weighted by Crippen LogP contribution is -2.21. The van der Waals surface area contributed by atoms with Crippen molar-refractivity contribution in [1.82, 2.24) is 9.78 Å². The van der Waals surface area contributed by atoms with Gasteiger partial charge in [0.25, 0.3) is 0 Å². The minimum absolute atomic E-state index is 0. The first-order chi connectivity index (χ1) is 12.6. The monoisotopic (exact) mass is 394 g/mol. The molecule has 1 fully saturated rings. The van der Waals surface area contributed by atoms with Gasteiger partial charge in [0, 0.05) is 6.07 Å². The molecule has 1 aliphatic carbocycles. The molecule has 0 spiro atoms. The van der Waals surface area contributed by atoms with Gasteiger partial charge in [0.2, 0.25) is 5.88 Å². The molecule has 1 aromatic carbocycles. The Balaban J connectivity index is 0.00000261. The van der Waals surface area contributed by atoms with Gasteiger partial charge >= 0.3 is 0 Å². The fourth-order valence-electron chi connectivity index (χ4n) is 3.99. The fraction of sp³-hybridized carbons (Fsp3) is 0.591. The Morgan fingerprint density at radius 3 is 2.63 bits per heavy atom. The summed E-state index contributed by atoms with van der Waals surface area (Å²) in [6, 6.07) is 7.30. The minimum Gasteiger partial charge on any atom is -0.473 e. The normalized spacial score (nSPS) is 16.0. The van der Waals surface area contributed by atoms with Gasteiger partial charge in [0.05, 0.1) is 11.7 Å². The second kappa shape index (κ2) is 10.1. The number of hydrogen-bond donors (Lipinski definition) is 0. The van der Waals surface area contributed by atoms with Gasteiger partial charge in [-0.25, -0.2) is 9.07 Å². The Morgan fingerprint density at radius 2 is 1.96 bits per heavy atom. The number of halogens is 2. The minimum atomic E-state index is -0.201. The molecule has 2 aromatic rings. The van der Waals surface area contributed by atoms with E-state index in [-0.39, 0.29) is 18.2 Å². The fourth-order valence-corrected chi connectivity index (χ4v) is 3.99. The van der Waals surface area contributed by atoms with Crippen molar-refractivity contribution >= 4 is 12.4 Å². The zero-order chi connectivity index (χ0) is 18.5. The maximum absolute atomic E-state index is 13.3. The van der Waals surface area contributed by atoms with Crippen LogP contribution in [0.5, 0.6) is 5.88 Å². The molecular formula is C22H32ClFN2O. The molecule has 0 N–H and O–H groups in total. The predicted octanol–water partition coefficient (Wildman–Crippen LogP) is 6.43. The summed E-state index contributed by atoms with van der Waals surface area (Å²) in [7, 11) is 0. The van der Waals surface area contributed by atoms with Crippen LogP contribution in [0.4, 0.5) is 4.39 Å². The Hall–Kier alpha value is -1.55. The van der Waals surface area contributed by atoms with E-state index in [4.69, 9.17) is 9.84 Å². The molecule has 3 rings (SSSR count). The summed E-state index contributed by atoms with van der Waals surface area (Å²) >= 11 is 0. The number of rotatable bonds is 7. The second-order valence-electron chi connectivity index (χ2n) is 7.67. The van der Waals surface area contributed by atoms with E-state index >= 15 is 0 Å². The molecule has 0 radical (unpaired) electrons. The first-order valence-electron chi connectivity index (χ1n) is 10.0. The van der Waals surface area contributed by atoms with Crippen LogP contribution in [0, 0.1) is 18.7 Å². The molecule has 1 saturated carbocycles. The smallest absolute Gasteiger partial charge is 0.212 e. The number of benzene rings is 1. The molecule has 0 amide bonds. The van der Waals surface area contributed by atoms with Crippen LogP contribution in [-0.4, -0.2) is 9.78 Å². The molecule has 1 unspecified atom stereocenters. The first-order valence-corrected chi connectivity index (χ1v) is 10.0. The Morgan fingerprint density at radius 1 is 1.22 bits per heavy atom. The molecule has 1 aromatic heterocycles. The lowest BCUT2D eigenvalue weighted by atomic mass is 9.85. The predicted molar refractivity (Wildman–Crippen MR) is 110 cm³/mol. The molecule has 0 saturated heterocycles. The molecule has 27 heavy (non-hydrogen) atoms. The van der Waals surface area contributed by atoms with E-state index in [0.29, 0.717) is 18.6 Å². The zero-order valence-electron chi connectivity index (χ0n) is 16.7. The Labute approximate surface area is 168 Å².